The van der Waals surface area contributed by atoms with Crippen molar-refractivity contribution in [2.75, 3.05) is 6.54 Å². The summed E-state index contributed by atoms with van der Waals surface area (Å²) in [7, 11) is -3.36. The van der Waals surface area contributed by atoms with Crippen LogP contribution < -0.4 is 4.72 Å². The second kappa shape index (κ2) is 3.09. The molecule has 1 aliphatic heterocycles. The molecule has 0 bridgehead atoms. The van der Waals surface area contributed by atoms with Crippen LogP contribution in [0.5, 0.6) is 0 Å². The molecule has 14 heavy (non-hydrogen) atoms. The van der Waals surface area contributed by atoms with E-state index < -0.39 is 10.0 Å². The van der Waals surface area contributed by atoms with Crippen molar-refractivity contribution >= 4 is 15.9 Å². The Morgan fingerprint density at radius 2 is 2.07 bits per heavy atom. The van der Waals surface area contributed by atoms with Gasteiger partial charge in [-0.15, -0.1) is 0 Å². The van der Waals surface area contributed by atoms with Crippen LogP contribution in [0.4, 0.5) is 0 Å². The van der Waals surface area contributed by atoms with E-state index in [1.54, 1.807) is 24.3 Å². The van der Waals surface area contributed by atoms with E-state index in [9.17, 15) is 8.42 Å². The number of fused-ring (bicyclic) bond motifs is 1. The van der Waals surface area contributed by atoms with E-state index in [0.29, 0.717) is 22.8 Å². The maximum absolute atomic E-state index is 11.5. The Morgan fingerprint density at radius 1 is 1.36 bits per heavy atom. The van der Waals surface area contributed by atoms with Crippen LogP contribution in [0.3, 0.4) is 0 Å². The smallest absolute Gasteiger partial charge is 0.263 e. The zero-order valence-electron chi connectivity index (χ0n) is 7.69. The van der Waals surface area contributed by atoms with Crippen molar-refractivity contribution in [2.24, 2.45) is 4.99 Å². The molecule has 1 aromatic rings. The van der Waals surface area contributed by atoms with Crippen LogP contribution >= 0.6 is 0 Å². The number of rotatable bonds is 1. The average Bonchev–Trinajstić information content (AvgIpc) is 2.41. The summed E-state index contributed by atoms with van der Waals surface area (Å²) < 4.78 is 25.5. The number of hydrogen-bond acceptors (Lipinski definition) is 3. The summed E-state index contributed by atoms with van der Waals surface area (Å²) in [5, 5.41) is 0. The van der Waals surface area contributed by atoms with E-state index >= 15 is 0 Å². The summed E-state index contributed by atoms with van der Waals surface area (Å²) >= 11 is 0. The van der Waals surface area contributed by atoms with Crippen LogP contribution in [-0.2, 0) is 10.0 Å². The van der Waals surface area contributed by atoms with Crippen molar-refractivity contribution in [1.82, 2.24) is 4.72 Å². The highest BCUT2D eigenvalue weighted by atomic mass is 32.2. The van der Waals surface area contributed by atoms with Crippen molar-refractivity contribution < 1.29 is 8.42 Å². The minimum Gasteiger partial charge on any atom is -0.268 e. The maximum atomic E-state index is 11.5. The van der Waals surface area contributed by atoms with Gasteiger partial charge in [0.2, 0.25) is 0 Å². The minimum atomic E-state index is -3.36. The molecule has 1 aromatic carbocycles. The second-order valence-corrected chi connectivity index (χ2v) is 4.58. The lowest BCUT2D eigenvalue weighted by atomic mass is 10.2. The van der Waals surface area contributed by atoms with Gasteiger partial charge in [0.05, 0.1) is 4.90 Å². The van der Waals surface area contributed by atoms with E-state index in [4.69, 9.17) is 0 Å². The first-order chi connectivity index (χ1) is 6.65. The van der Waals surface area contributed by atoms with Crippen LogP contribution in [-0.4, -0.2) is 20.8 Å². The molecule has 0 fully saturated rings. The molecule has 1 aliphatic rings. The number of hydrogen-bond donors (Lipinski definition) is 1. The van der Waals surface area contributed by atoms with Crippen molar-refractivity contribution in [1.29, 1.82) is 0 Å². The molecule has 0 aromatic heterocycles. The highest BCUT2D eigenvalue weighted by Gasteiger charge is 2.29. The van der Waals surface area contributed by atoms with Crippen LogP contribution in [0.15, 0.2) is 34.2 Å². The minimum absolute atomic E-state index is 0.312. The summed E-state index contributed by atoms with van der Waals surface area (Å²) in [5.74, 6) is 0.447. The van der Waals surface area contributed by atoms with Gasteiger partial charge in [0.1, 0.15) is 5.84 Å². The number of sulfonamides is 1. The second-order valence-electron chi connectivity index (χ2n) is 2.92. The molecule has 0 saturated carbocycles. The van der Waals surface area contributed by atoms with Gasteiger partial charge in [-0.3, -0.25) is 9.71 Å². The molecule has 0 atom stereocenters. The molecule has 2 rings (SSSR count). The van der Waals surface area contributed by atoms with Crippen LogP contribution in [0.2, 0.25) is 0 Å². The average molecular weight is 210 g/mol. The molecular weight excluding hydrogens is 200 g/mol. The molecule has 5 heteroatoms. The van der Waals surface area contributed by atoms with E-state index in [0.717, 1.165) is 0 Å². The monoisotopic (exact) mass is 210 g/mol. The Balaban J connectivity index is 2.67. The Labute approximate surface area is 82.7 Å². The Hall–Kier alpha value is -1.36. The molecule has 74 valence electrons. The number of aliphatic imine (C=N–C) groups is 1. The SMILES string of the molecule is CCN=C1NS(=O)(=O)c2ccccc21. The molecule has 0 unspecified atom stereocenters. The molecule has 0 saturated heterocycles. The lowest BCUT2D eigenvalue weighted by Gasteiger charge is -1.95. The van der Waals surface area contributed by atoms with Gasteiger partial charge in [-0.2, -0.15) is 0 Å². The van der Waals surface area contributed by atoms with Gasteiger partial charge in [-0.25, -0.2) is 8.42 Å². The first kappa shape index (κ1) is 9.21. The molecule has 1 N–H and O–H groups in total. The Kier molecular flexibility index (Phi) is 2.03. The Bertz CT molecular complexity index is 491. The standard InChI is InChI=1S/C9H10N2O2S/c1-2-10-9-7-5-3-4-6-8(7)14(12,13)11-9/h3-6H,2H2,1H3,(H,10,11). The highest BCUT2D eigenvalue weighted by molar-refractivity contribution is 7.90. The van der Waals surface area contributed by atoms with E-state index in [2.05, 4.69) is 9.71 Å². The molecule has 0 spiro atoms. The van der Waals surface area contributed by atoms with Gasteiger partial charge in [-0.1, -0.05) is 12.1 Å². The van der Waals surface area contributed by atoms with Crippen LogP contribution in [0.25, 0.3) is 0 Å². The maximum Gasteiger partial charge on any atom is 0.263 e. The zero-order valence-corrected chi connectivity index (χ0v) is 8.50. The first-order valence-electron chi connectivity index (χ1n) is 4.32. The quantitative estimate of drug-likeness (QED) is 0.743. The molecule has 0 amide bonds. The van der Waals surface area contributed by atoms with Crippen molar-refractivity contribution in [3.63, 3.8) is 0 Å². The number of amidine groups is 1. The van der Waals surface area contributed by atoms with E-state index in [1.165, 1.54) is 0 Å². The third-order valence-corrected chi connectivity index (χ3v) is 3.38. The fourth-order valence-electron chi connectivity index (χ4n) is 1.41. The summed E-state index contributed by atoms with van der Waals surface area (Å²) in [6.07, 6.45) is 0. The number of nitrogens with zero attached hydrogens (tertiary/aromatic N) is 1. The van der Waals surface area contributed by atoms with Gasteiger partial charge in [-0.05, 0) is 19.1 Å². The lowest BCUT2D eigenvalue weighted by molar-refractivity contribution is 0.595. The summed E-state index contributed by atoms with van der Waals surface area (Å²) in [4.78, 5) is 4.40. The van der Waals surface area contributed by atoms with Crippen LogP contribution in [0, 0.1) is 0 Å². The lowest BCUT2D eigenvalue weighted by Crippen LogP contribution is -2.22. The van der Waals surface area contributed by atoms with Gasteiger partial charge in [0.25, 0.3) is 10.0 Å². The van der Waals surface area contributed by atoms with Gasteiger partial charge >= 0.3 is 0 Å². The zero-order chi connectivity index (χ0) is 10.2. The summed E-state index contributed by atoms with van der Waals surface area (Å²) in [5.41, 5.74) is 0.661. The molecule has 1 heterocycles. The van der Waals surface area contributed by atoms with Crippen molar-refractivity contribution in [3.05, 3.63) is 29.8 Å². The highest BCUT2D eigenvalue weighted by Crippen LogP contribution is 2.21. The van der Waals surface area contributed by atoms with Gasteiger partial charge < -0.3 is 0 Å². The third kappa shape index (κ3) is 1.29. The van der Waals surface area contributed by atoms with Crippen LogP contribution in [0.1, 0.15) is 12.5 Å². The number of nitrogens with one attached hydrogen (secondary N) is 1. The largest absolute Gasteiger partial charge is 0.268 e. The van der Waals surface area contributed by atoms with Crippen molar-refractivity contribution in [2.45, 2.75) is 11.8 Å². The predicted molar refractivity (Wildman–Crippen MR) is 53.8 cm³/mol. The summed E-state index contributed by atoms with van der Waals surface area (Å²) in [6, 6.07) is 6.83. The molecular formula is C9H10N2O2S. The van der Waals surface area contributed by atoms with Crippen molar-refractivity contribution in [3.8, 4) is 0 Å². The topological polar surface area (TPSA) is 58.5 Å². The number of benzene rings is 1. The van der Waals surface area contributed by atoms with E-state index in [1.807, 2.05) is 6.92 Å². The van der Waals surface area contributed by atoms with Gasteiger partial charge in [0.15, 0.2) is 0 Å². The predicted octanol–water partition coefficient (Wildman–Crippen LogP) is 0.745. The fourth-order valence-corrected chi connectivity index (χ4v) is 2.66. The van der Waals surface area contributed by atoms with E-state index in [-0.39, 0.29) is 0 Å². The third-order valence-electron chi connectivity index (χ3n) is 1.98. The normalized spacial score (nSPS) is 20.5. The van der Waals surface area contributed by atoms with Gasteiger partial charge in [0, 0.05) is 12.1 Å². The summed E-state index contributed by atoms with van der Waals surface area (Å²) in [6.45, 7) is 2.43. The first-order valence-corrected chi connectivity index (χ1v) is 5.80. The molecule has 0 radical (unpaired) electrons. The molecule has 0 aliphatic carbocycles. The fraction of sp³-hybridized carbons (Fsp3) is 0.222. The Morgan fingerprint density at radius 3 is 2.79 bits per heavy atom. The molecule has 4 nitrogen and oxygen atoms in total.